The molecule has 0 aliphatic carbocycles. The van der Waals surface area contributed by atoms with Gasteiger partial charge in [0, 0.05) is 5.56 Å². The predicted octanol–water partition coefficient (Wildman–Crippen LogP) is 3.41. The molecule has 0 saturated carbocycles. The summed E-state index contributed by atoms with van der Waals surface area (Å²) in [5.41, 5.74) is 5.34. The number of rotatable bonds is 3. The van der Waals surface area contributed by atoms with Crippen LogP contribution in [0.25, 0.3) is 11.4 Å². The highest BCUT2D eigenvalue weighted by Crippen LogP contribution is 2.31. The van der Waals surface area contributed by atoms with E-state index in [1.54, 1.807) is 0 Å². The minimum absolute atomic E-state index is 0.0878. The van der Waals surface area contributed by atoms with Crippen molar-refractivity contribution in [2.24, 2.45) is 11.7 Å². The van der Waals surface area contributed by atoms with Gasteiger partial charge in [-0.3, -0.25) is 0 Å². The Morgan fingerprint density at radius 1 is 1.25 bits per heavy atom. The van der Waals surface area contributed by atoms with Gasteiger partial charge in [0.15, 0.2) is 0 Å². The van der Waals surface area contributed by atoms with Crippen LogP contribution in [0.5, 0.6) is 0 Å². The standard InChI is InChI=1S/C13H14F3N3O/c1-7(2)10(17)12-18-11(19-20-12)8-4-3-5-9(6-8)13(14,15)16/h3-7,10H,17H2,1-2H3/t10-/m0/s1. The van der Waals surface area contributed by atoms with E-state index >= 15 is 0 Å². The molecule has 0 aliphatic heterocycles. The van der Waals surface area contributed by atoms with Crippen molar-refractivity contribution in [2.75, 3.05) is 0 Å². The first-order valence-electron chi connectivity index (χ1n) is 6.06. The number of hydrogen-bond acceptors (Lipinski definition) is 4. The highest BCUT2D eigenvalue weighted by Gasteiger charge is 2.31. The average Bonchev–Trinajstić information content (AvgIpc) is 2.86. The zero-order valence-electron chi connectivity index (χ0n) is 11.0. The first-order valence-corrected chi connectivity index (χ1v) is 6.06. The summed E-state index contributed by atoms with van der Waals surface area (Å²) in [5, 5.41) is 3.68. The van der Waals surface area contributed by atoms with Crippen LogP contribution < -0.4 is 5.73 Å². The van der Waals surface area contributed by atoms with Crippen LogP contribution >= 0.6 is 0 Å². The van der Waals surface area contributed by atoms with Gasteiger partial charge in [-0.2, -0.15) is 18.2 Å². The predicted molar refractivity (Wildman–Crippen MR) is 66.5 cm³/mol. The zero-order valence-corrected chi connectivity index (χ0v) is 11.0. The van der Waals surface area contributed by atoms with Gasteiger partial charge in [0.05, 0.1) is 11.6 Å². The second-order valence-electron chi connectivity index (χ2n) is 4.80. The van der Waals surface area contributed by atoms with Gasteiger partial charge in [0.2, 0.25) is 11.7 Å². The normalized spacial score (nSPS) is 13.8. The van der Waals surface area contributed by atoms with Crippen molar-refractivity contribution in [3.63, 3.8) is 0 Å². The lowest BCUT2D eigenvalue weighted by Crippen LogP contribution is -2.16. The second kappa shape index (κ2) is 5.24. The Morgan fingerprint density at radius 2 is 1.95 bits per heavy atom. The lowest BCUT2D eigenvalue weighted by molar-refractivity contribution is -0.137. The van der Waals surface area contributed by atoms with E-state index in [0.29, 0.717) is 0 Å². The lowest BCUT2D eigenvalue weighted by atomic mass is 10.1. The van der Waals surface area contributed by atoms with E-state index in [2.05, 4.69) is 10.1 Å². The van der Waals surface area contributed by atoms with Gasteiger partial charge in [-0.05, 0) is 18.1 Å². The molecular weight excluding hydrogens is 271 g/mol. The third-order valence-corrected chi connectivity index (χ3v) is 2.89. The molecule has 0 aliphatic rings. The maximum absolute atomic E-state index is 12.6. The Labute approximate surface area is 113 Å². The van der Waals surface area contributed by atoms with E-state index in [1.807, 2.05) is 13.8 Å². The van der Waals surface area contributed by atoms with Crippen molar-refractivity contribution in [1.82, 2.24) is 10.1 Å². The SMILES string of the molecule is CC(C)[C@H](N)c1nc(-c2cccc(C(F)(F)F)c2)no1. The van der Waals surface area contributed by atoms with Crippen LogP contribution in [0.4, 0.5) is 13.2 Å². The van der Waals surface area contributed by atoms with E-state index in [4.69, 9.17) is 10.3 Å². The monoisotopic (exact) mass is 285 g/mol. The molecule has 0 unspecified atom stereocenters. The van der Waals surface area contributed by atoms with E-state index in [0.717, 1.165) is 12.1 Å². The molecule has 0 amide bonds. The first-order chi connectivity index (χ1) is 9.29. The van der Waals surface area contributed by atoms with Gasteiger partial charge in [-0.1, -0.05) is 31.1 Å². The minimum atomic E-state index is -4.41. The van der Waals surface area contributed by atoms with Gasteiger partial charge in [-0.25, -0.2) is 0 Å². The Morgan fingerprint density at radius 3 is 2.55 bits per heavy atom. The highest BCUT2D eigenvalue weighted by molar-refractivity contribution is 5.55. The molecule has 2 aromatic rings. The number of hydrogen-bond donors (Lipinski definition) is 1. The summed E-state index contributed by atoms with van der Waals surface area (Å²) in [4.78, 5) is 4.05. The van der Waals surface area contributed by atoms with Crippen molar-refractivity contribution >= 4 is 0 Å². The van der Waals surface area contributed by atoms with Gasteiger partial charge in [-0.15, -0.1) is 0 Å². The van der Waals surface area contributed by atoms with E-state index in [-0.39, 0.29) is 23.2 Å². The number of nitrogens with two attached hydrogens (primary N) is 1. The Kier molecular flexibility index (Phi) is 3.80. The molecule has 0 spiro atoms. The summed E-state index contributed by atoms with van der Waals surface area (Å²) in [6.07, 6.45) is -4.41. The number of nitrogens with zero attached hydrogens (tertiary/aromatic N) is 2. The lowest BCUT2D eigenvalue weighted by Gasteiger charge is -2.09. The van der Waals surface area contributed by atoms with Crippen LogP contribution in [0.2, 0.25) is 0 Å². The maximum Gasteiger partial charge on any atom is 0.416 e. The summed E-state index contributed by atoms with van der Waals surface area (Å²) in [6.45, 7) is 3.78. The molecule has 2 N–H and O–H groups in total. The highest BCUT2D eigenvalue weighted by atomic mass is 19.4. The summed E-state index contributed by atoms with van der Waals surface area (Å²) in [5.74, 6) is 0.402. The van der Waals surface area contributed by atoms with Crippen molar-refractivity contribution in [3.05, 3.63) is 35.7 Å². The molecule has 1 atom stereocenters. The molecule has 0 fully saturated rings. The molecule has 2 rings (SSSR count). The second-order valence-corrected chi connectivity index (χ2v) is 4.80. The van der Waals surface area contributed by atoms with Crippen molar-refractivity contribution in [1.29, 1.82) is 0 Å². The van der Waals surface area contributed by atoms with Crippen molar-refractivity contribution < 1.29 is 17.7 Å². The van der Waals surface area contributed by atoms with Crippen molar-refractivity contribution in [2.45, 2.75) is 26.1 Å². The molecule has 4 nitrogen and oxygen atoms in total. The molecular formula is C13H14F3N3O. The van der Waals surface area contributed by atoms with Crippen LogP contribution in [0.1, 0.15) is 31.3 Å². The molecule has 108 valence electrons. The summed E-state index contributed by atoms with van der Waals surface area (Å²) in [6, 6.07) is 4.32. The Bertz CT molecular complexity index is 593. The van der Waals surface area contributed by atoms with Gasteiger partial charge < -0.3 is 10.3 Å². The number of halogens is 3. The smallest absolute Gasteiger partial charge is 0.337 e. The molecule has 1 aromatic carbocycles. The summed E-state index contributed by atoms with van der Waals surface area (Å²) < 4.78 is 42.9. The van der Waals surface area contributed by atoms with E-state index < -0.39 is 17.8 Å². The van der Waals surface area contributed by atoms with Crippen LogP contribution in [0.15, 0.2) is 28.8 Å². The van der Waals surface area contributed by atoms with E-state index in [1.165, 1.54) is 12.1 Å². The fraction of sp³-hybridized carbons (Fsp3) is 0.385. The molecule has 20 heavy (non-hydrogen) atoms. The zero-order chi connectivity index (χ0) is 14.9. The van der Waals surface area contributed by atoms with Gasteiger partial charge >= 0.3 is 6.18 Å². The molecule has 7 heteroatoms. The number of aromatic nitrogens is 2. The molecule has 1 heterocycles. The molecule has 0 radical (unpaired) electrons. The summed E-state index contributed by atoms with van der Waals surface area (Å²) in [7, 11) is 0. The van der Waals surface area contributed by atoms with Crippen molar-refractivity contribution in [3.8, 4) is 11.4 Å². The van der Waals surface area contributed by atoms with Crippen LogP contribution in [0.3, 0.4) is 0 Å². The Balaban J connectivity index is 2.33. The van der Waals surface area contributed by atoms with Crippen LogP contribution in [-0.2, 0) is 6.18 Å². The third kappa shape index (κ3) is 2.98. The average molecular weight is 285 g/mol. The quantitative estimate of drug-likeness (QED) is 0.938. The topological polar surface area (TPSA) is 64.9 Å². The fourth-order valence-corrected chi connectivity index (χ4v) is 1.61. The fourth-order valence-electron chi connectivity index (χ4n) is 1.61. The number of benzene rings is 1. The van der Waals surface area contributed by atoms with Gasteiger partial charge in [0.1, 0.15) is 0 Å². The molecule has 0 saturated heterocycles. The summed E-state index contributed by atoms with van der Waals surface area (Å²) >= 11 is 0. The third-order valence-electron chi connectivity index (χ3n) is 2.89. The minimum Gasteiger partial charge on any atom is -0.337 e. The van der Waals surface area contributed by atoms with Crippen LogP contribution in [-0.4, -0.2) is 10.1 Å². The maximum atomic E-state index is 12.6. The number of alkyl halides is 3. The first kappa shape index (κ1) is 14.5. The molecule has 1 aromatic heterocycles. The molecule has 0 bridgehead atoms. The Hall–Kier alpha value is -1.89. The van der Waals surface area contributed by atoms with Gasteiger partial charge in [0.25, 0.3) is 0 Å². The largest absolute Gasteiger partial charge is 0.416 e. The van der Waals surface area contributed by atoms with Crippen LogP contribution in [0, 0.1) is 5.92 Å². The van der Waals surface area contributed by atoms with E-state index in [9.17, 15) is 13.2 Å².